The lowest BCUT2D eigenvalue weighted by Gasteiger charge is -2.26. The summed E-state index contributed by atoms with van der Waals surface area (Å²) in [5.41, 5.74) is 5.32. The molecule has 0 aliphatic carbocycles. The van der Waals surface area contributed by atoms with Crippen molar-refractivity contribution in [2.45, 2.75) is 25.7 Å². The second-order valence-corrected chi connectivity index (χ2v) is 9.71. The van der Waals surface area contributed by atoms with E-state index in [2.05, 4.69) is 21.6 Å². The molecule has 0 saturated carbocycles. The zero-order valence-corrected chi connectivity index (χ0v) is 18.7. The summed E-state index contributed by atoms with van der Waals surface area (Å²) in [6.45, 7) is 7.46. The summed E-state index contributed by atoms with van der Waals surface area (Å²) in [4.78, 5) is 0.297. The molecular formula is C23H26N4O3S. The lowest BCUT2D eigenvalue weighted by Crippen LogP contribution is -2.40. The van der Waals surface area contributed by atoms with E-state index in [9.17, 15) is 8.42 Å². The highest BCUT2D eigenvalue weighted by Crippen LogP contribution is 2.27. The first-order valence-electron chi connectivity index (χ1n) is 10.2. The molecule has 0 bridgehead atoms. The Morgan fingerprint density at radius 1 is 0.903 bits per heavy atom. The number of aromatic nitrogens is 2. The number of morpholine rings is 1. The molecule has 31 heavy (non-hydrogen) atoms. The highest BCUT2D eigenvalue weighted by Gasteiger charge is 2.28. The Kier molecular flexibility index (Phi) is 6.04. The zero-order valence-electron chi connectivity index (χ0n) is 17.9. The fourth-order valence-corrected chi connectivity index (χ4v) is 5.37. The number of ether oxygens (including phenoxy) is 1. The average molecular weight is 439 g/mol. The number of hydrogen-bond acceptors (Lipinski definition) is 6. The number of anilines is 2. The fraction of sp³-hybridized carbons (Fsp3) is 0.304. The molecule has 2 heterocycles. The van der Waals surface area contributed by atoms with Crippen molar-refractivity contribution in [2.75, 3.05) is 31.6 Å². The third kappa shape index (κ3) is 4.76. The molecule has 4 rings (SSSR count). The highest BCUT2D eigenvalue weighted by atomic mass is 32.2. The van der Waals surface area contributed by atoms with Gasteiger partial charge in [0, 0.05) is 24.3 Å². The highest BCUT2D eigenvalue weighted by molar-refractivity contribution is 7.89. The summed E-state index contributed by atoms with van der Waals surface area (Å²) in [7, 11) is -3.59. The lowest BCUT2D eigenvalue weighted by molar-refractivity contribution is 0.0730. The molecular weight excluding hydrogens is 412 g/mol. The standard InChI is InChI=1S/C23H26N4O3S/c1-16-12-17(2)14-20(13-16)24-23-7-6-21(25-26-23)19-5-4-18(3)22(15-19)31(28,29)27-8-10-30-11-9-27/h4-7,12-15H,8-11H2,1-3H3,(H,24,26). The van der Waals surface area contributed by atoms with Crippen molar-refractivity contribution in [2.24, 2.45) is 0 Å². The maximum absolute atomic E-state index is 13.1. The molecule has 1 aliphatic rings. The van der Waals surface area contributed by atoms with Crippen LogP contribution in [0, 0.1) is 20.8 Å². The largest absolute Gasteiger partial charge is 0.379 e. The van der Waals surface area contributed by atoms with Gasteiger partial charge in [0.05, 0.1) is 23.8 Å². The van der Waals surface area contributed by atoms with Gasteiger partial charge in [0.25, 0.3) is 0 Å². The van der Waals surface area contributed by atoms with Crippen LogP contribution in [0.4, 0.5) is 11.5 Å². The molecule has 8 heteroatoms. The average Bonchev–Trinajstić information content (AvgIpc) is 2.74. The molecule has 7 nitrogen and oxygen atoms in total. The van der Waals surface area contributed by atoms with Crippen molar-refractivity contribution in [3.8, 4) is 11.3 Å². The first-order chi connectivity index (χ1) is 14.8. The number of nitrogens with zero attached hydrogens (tertiary/aromatic N) is 3. The van der Waals surface area contributed by atoms with E-state index in [0.717, 1.165) is 5.69 Å². The number of rotatable bonds is 5. The molecule has 0 spiro atoms. The Morgan fingerprint density at radius 3 is 2.26 bits per heavy atom. The minimum Gasteiger partial charge on any atom is -0.379 e. The van der Waals surface area contributed by atoms with E-state index in [1.807, 2.05) is 50.2 Å². The molecule has 1 aromatic heterocycles. The summed E-state index contributed by atoms with van der Waals surface area (Å²) >= 11 is 0. The van der Waals surface area contributed by atoms with Crippen LogP contribution in [-0.2, 0) is 14.8 Å². The molecule has 162 valence electrons. The SMILES string of the molecule is Cc1cc(C)cc(Nc2ccc(-c3ccc(C)c(S(=O)(=O)N4CCOCC4)c3)nn2)c1. The van der Waals surface area contributed by atoms with E-state index in [-0.39, 0.29) is 0 Å². The Bertz CT molecular complexity index is 1170. The van der Waals surface area contributed by atoms with E-state index < -0.39 is 10.0 Å². The van der Waals surface area contributed by atoms with Crippen molar-refractivity contribution in [3.05, 3.63) is 65.2 Å². The van der Waals surface area contributed by atoms with Gasteiger partial charge in [0.2, 0.25) is 10.0 Å². The summed E-state index contributed by atoms with van der Waals surface area (Å²) in [6.07, 6.45) is 0. The molecule has 1 fully saturated rings. The van der Waals surface area contributed by atoms with E-state index in [1.165, 1.54) is 15.4 Å². The van der Waals surface area contributed by atoms with Crippen molar-refractivity contribution < 1.29 is 13.2 Å². The van der Waals surface area contributed by atoms with Gasteiger partial charge >= 0.3 is 0 Å². The van der Waals surface area contributed by atoms with Crippen LogP contribution in [0.5, 0.6) is 0 Å². The number of sulfonamides is 1. The molecule has 1 aliphatic heterocycles. The predicted octanol–water partition coefficient (Wildman–Crippen LogP) is 3.83. The second-order valence-electron chi connectivity index (χ2n) is 7.80. The van der Waals surface area contributed by atoms with Crippen molar-refractivity contribution in [3.63, 3.8) is 0 Å². The monoisotopic (exact) mass is 438 g/mol. The first-order valence-corrected chi connectivity index (χ1v) is 11.6. The van der Waals surface area contributed by atoms with Gasteiger partial charge in [-0.1, -0.05) is 18.2 Å². The van der Waals surface area contributed by atoms with E-state index >= 15 is 0 Å². The molecule has 1 N–H and O–H groups in total. The second kappa shape index (κ2) is 8.74. The van der Waals surface area contributed by atoms with Gasteiger partial charge in [-0.2, -0.15) is 4.31 Å². The molecule has 3 aromatic rings. The number of hydrogen-bond donors (Lipinski definition) is 1. The van der Waals surface area contributed by atoms with Gasteiger partial charge in [0.15, 0.2) is 5.82 Å². The minimum absolute atomic E-state index is 0.297. The molecule has 2 aromatic carbocycles. The smallest absolute Gasteiger partial charge is 0.243 e. The minimum atomic E-state index is -3.59. The van der Waals surface area contributed by atoms with Crippen LogP contribution in [0.3, 0.4) is 0 Å². The molecule has 1 saturated heterocycles. The molecule has 0 radical (unpaired) electrons. The van der Waals surface area contributed by atoms with Crippen molar-refractivity contribution in [1.29, 1.82) is 0 Å². The molecule has 0 amide bonds. The van der Waals surface area contributed by atoms with Gasteiger partial charge < -0.3 is 10.1 Å². The van der Waals surface area contributed by atoms with Crippen LogP contribution < -0.4 is 5.32 Å². The van der Waals surface area contributed by atoms with Crippen LogP contribution in [0.1, 0.15) is 16.7 Å². The van der Waals surface area contributed by atoms with Crippen LogP contribution in [0.15, 0.2) is 53.4 Å². The van der Waals surface area contributed by atoms with Crippen molar-refractivity contribution in [1.82, 2.24) is 14.5 Å². The first kappa shape index (κ1) is 21.4. The normalized spacial score (nSPS) is 15.1. The van der Waals surface area contributed by atoms with Gasteiger partial charge in [0.1, 0.15) is 0 Å². The van der Waals surface area contributed by atoms with Crippen LogP contribution in [0.25, 0.3) is 11.3 Å². The van der Waals surface area contributed by atoms with Crippen LogP contribution in [-0.4, -0.2) is 49.2 Å². The number of benzene rings is 2. The van der Waals surface area contributed by atoms with E-state index in [1.54, 1.807) is 13.0 Å². The Hall–Kier alpha value is -2.81. The van der Waals surface area contributed by atoms with E-state index in [0.29, 0.717) is 53.8 Å². The maximum atomic E-state index is 13.1. The zero-order chi connectivity index (χ0) is 22.0. The van der Waals surface area contributed by atoms with Gasteiger partial charge in [-0.3, -0.25) is 0 Å². The molecule has 0 unspecified atom stereocenters. The lowest BCUT2D eigenvalue weighted by atomic mass is 10.1. The van der Waals surface area contributed by atoms with Crippen molar-refractivity contribution >= 4 is 21.5 Å². The van der Waals surface area contributed by atoms with Crippen LogP contribution in [0.2, 0.25) is 0 Å². The Morgan fingerprint density at radius 2 is 1.61 bits per heavy atom. The van der Waals surface area contributed by atoms with E-state index in [4.69, 9.17) is 4.74 Å². The third-order valence-electron chi connectivity index (χ3n) is 5.23. The summed E-state index contributed by atoms with van der Waals surface area (Å²) in [6, 6.07) is 15.3. The maximum Gasteiger partial charge on any atom is 0.243 e. The molecule has 0 atom stereocenters. The summed E-state index contributed by atoms with van der Waals surface area (Å²) in [5.74, 6) is 0.627. The van der Waals surface area contributed by atoms with Gasteiger partial charge in [-0.05, 0) is 67.8 Å². The summed E-state index contributed by atoms with van der Waals surface area (Å²) in [5, 5.41) is 11.9. The number of nitrogens with one attached hydrogen (secondary N) is 1. The predicted molar refractivity (Wildman–Crippen MR) is 121 cm³/mol. The third-order valence-corrected chi connectivity index (χ3v) is 7.27. The van der Waals surface area contributed by atoms with Gasteiger partial charge in [-0.15, -0.1) is 10.2 Å². The quantitative estimate of drug-likeness (QED) is 0.652. The fourth-order valence-electron chi connectivity index (χ4n) is 3.71. The Labute approximate surface area is 183 Å². The summed E-state index contributed by atoms with van der Waals surface area (Å²) < 4.78 is 33.0. The topological polar surface area (TPSA) is 84.4 Å². The Balaban J connectivity index is 1.59. The number of aryl methyl sites for hydroxylation is 3. The van der Waals surface area contributed by atoms with Crippen LogP contribution >= 0.6 is 0 Å². The van der Waals surface area contributed by atoms with Gasteiger partial charge in [-0.25, -0.2) is 8.42 Å².